The van der Waals surface area contributed by atoms with E-state index in [0.29, 0.717) is 30.3 Å². The number of carbonyl (C=O) groups excluding carboxylic acids is 1. The Kier molecular flexibility index (Phi) is 9.37. The van der Waals surface area contributed by atoms with Crippen molar-refractivity contribution >= 4 is 11.7 Å². The molecule has 39 heavy (non-hydrogen) atoms. The van der Waals surface area contributed by atoms with Crippen LogP contribution in [-0.2, 0) is 23.7 Å². The van der Waals surface area contributed by atoms with E-state index in [1.165, 1.54) is 12.7 Å². The van der Waals surface area contributed by atoms with Gasteiger partial charge in [-0.1, -0.05) is 56.7 Å². The molecular formula is C32H47NO6. The van der Waals surface area contributed by atoms with Gasteiger partial charge in [-0.25, -0.2) is 0 Å². The maximum Gasteiger partial charge on any atom is 0.316 e. The van der Waals surface area contributed by atoms with Gasteiger partial charge >= 0.3 is 5.97 Å². The first kappa shape index (κ1) is 29.9. The molecule has 0 saturated carbocycles. The zero-order valence-electron chi connectivity index (χ0n) is 24.4. The number of hydrogen-bond acceptors (Lipinski definition) is 7. The zero-order valence-corrected chi connectivity index (χ0v) is 24.4. The molecule has 9 atom stereocenters. The van der Waals surface area contributed by atoms with Crippen molar-refractivity contribution in [2.24, 2.45) is 17.8 Å². The van der Waals surface area contributed by atoms with Gasteiger partial charge in [-0.05, 0) is 63.0 Å². The summed E-state index contributed by atoms with van der Waals surface area (Å²) < 4.78 is 25.1. The van der Waals surface area contributed by atoms with Crippen LogP contribution in [0.1, 0.15) is 79.6 Å². The third kappa shape index (κ3) is 6.48. The van der Waals surface area contributed by atoms with Crippen LogP contribution in [0.25, 0.3) is 0 Å². The summed E-state index contributed by atoms with van der Waals surface area (Å²) in [4.78, 5) is 13.8. The van der Waals surface area contributed by atoms with Crippen molar-refractivity contribution < 1.29 is 28.8 Å². The average Bonchev–Trinajstić information content (AvgIpc) is 2.89. The van der Waals surface area contributed by atoms with Gasteiger partial charge in [-0.2, -0.15) is 0 Å². The van der Waals surface area contributed by atoms with E-state index in [2.05, 4.69) is 39.8 Å². The topological polar surface area (TPSA) is 98.1 Å². The number of fused-ring (bicyclic) bond motifs is 3. The van der Waals surface area contributed by atoms with Crippen molar-refractivity contribution in [1.29, 1.82) is 5.41 Å². The lowest BCUT2D eigenvalue weighted by Crippen LogP contribution is -2.58. The summed E-state index contributed by atoms with van der Waals surface area (Å²) in [7, 11) is 1.45. The largest absolute Gasteiger partial charge is 0.462 e. The van der Waals surface area contributed by atoms with Crippen LogP contribution in [-0.4, -0.2) is 59.7 Å². The molecule has 0 aromatic rings. The smallest absolute Gasteiger partial charge is 0.316 e. The minimum absolute atomic E-state index is 0.101. The summed E-state index contributed by atoms with van der Waals surface area (Å²) in [5, 5.41) is 20.4. The Balaban J connectivity index is 1.72. The Hall–Kier alpha value is -2.06. The molecule has 2 fully saturated rings. The third-order valence-corrected chi connectivity index (χ3v) is 8.91. The van der Waals surface area contributed by atoms with E-state index in [0.717, 1.165) is 32.1 Å². The van der Waals surface area contributed by atoms with Gasteiger partial charge in [-0.3, -0.25) is 4.79 Å². The molecule has 1 aliphatic carbocycles. The average molecular weight is 542 g/mol. The number of ether oxygens (including phenoxy) is 4. The number of rotatable bonds is 2. The zero-order chi connectivity index (χ0) is 28.4. The fourth-order valence-electron chi connectivity index (χ4n) is 6.69. The Bertz CT molecular complexity index is 1050. The second-order valence-electron chi connectivity index (χ2n) is 12.2. The molecule has 4 rings (SSSR count). The number of carbonyl (C=O) groups is 1. The lowest BCUT2D eigenvalue weighted by atomic mass is 9.73. The number of aliphatic hydroxyl groups is 1. The van der Waals surface area contributed by atoms with Crippen LogP contribution < -0.4 is 0 Å². The van der Waals surface area contributed by atoms with E-state index in [9.17, 15) is 9.90 Å². The fraction of sp³-hybridized carbons (Fsp3) is 0.688. The second-order valence-corrected chi connectivity index (χ2v) is 12.2. The fourth-order valence-corrected chi connectivity index (χ4v) is 6.69. The molecule has 7 nitrogen and oxygen atoms in total. The van der Waals surface area contributed by atoms with Gasteiger partial charge in [-0.15, -0.1) is 0 Å². The summed E-state index contributed by atoms with van der Waals surface area (Å²) >= 11 is 0. The number of allylic oxidation sites excluding steroid dienone is 4. The van der Waals surface area contributed by atoms with Crippen LogP contribution in [0.3, 0.4) is 0 Å². The molecule has 2 unspecified atom stereocenters. The standard InChI is InChI=1S/C32H47NO6/c1-7-27-22(4)13-15-31(39-27)19-25-18-24(38-31)12-11-21(3)16-20(2)10-8-9-14-32(35)26(30(34)37-25)17-23(5)28(33)29(32)36-6/h8-11,14,17,20,22,24-27,29,33,35H,7,12-13,15-16,18-19H2,1-6H3/b10-8+,14-9+,21-11+,33-28?/t20-,22-,24+,25-,26?,27+,29+,31+,32?/m0/s1. The lowest BCUT2D eigenvalue weighted by Gasteiger charge is -2.50. The van der Waals surface area contributed by atoms with E-state index in [-0.39, 0.29) is 17.9 Å². The molecule has 7 heteroatoms. The summed E-state index contributed by atoms with van der Waals surface area (Å²) in [5.41, 5.74) is 0.276. The van der Waals surface area contributed by atoms with Gasteiger partial charge in [0.05, 0.1) is 17.9 Å². The Morgan fingerprint density at radius 1 is 1.18 bits per heavy atom. The highest BCUT2D eigenvalue weighted by molar-refractivity contribution is 6.04. The third-order valence-electron chi connectivity index (χ3n) is 8.91. The molecule has 0 amide bonds. The Labute approximate surface area is 233 Å². The maximum atomic E-state index is 13.8. The first-order valence-electron chi connectivity index (χ1n) is 14.6. The van der Waals surface area contributed by atoms with Crippen molar-refractivity contribution in [2.75, 3.05) is 7.11 Å². The number of hydrogen-bond donors (Lipinski definition) is 2. The number of nitrogens with one attached hydrogen (secondary N) is 1. The van der Waals surface area contributed by atoms with Crippen molar-refractivity contribution in [2.45, 2.75) is 115 Å². The molecular weight excluding hydrogens is 494 g/mol. The lowest BCUT2D eigenvalue weighted by molar-refractivity contribution is -0.335. The van der Waals surface area contributed by atoms with E-state index in [1.54, 1.807) is 25.2 Å². The van der Waals surface area contributed by atoms with Crippen molar-refractivity contribution in [3.8, 4) is 0 Å². The summed E-state index contributed by atoms with van der Waals surface area (Å²) in [6.07, 6.45) is 15.1. The van der Waals surface area contributed by atoms with E-state index < -0.39 is 35.5 Å². The van der Waals surface area contributed by atoms with E-state index in [4.69, 9.17) is 24.4 Å². The van der Waals surface area contributed by atoms with Gasteiger partial charge in [0, 0.05) is 26.4 Å². The first-order valence-corrected chi connectivity index (χ1v) is 14.6. The monoisotopic (exact) mass is 541 g/mol. The molecule has 4 aliphatic rings. The van der Waals surface area contributed by atoms with Gasteiger partial charge in [0.1, 0.15) is 23.7 Å². The molecule has 1 spiro atoms. The van der Waals surface area contributed by atoms with Gasteiger partial charge in [0.15, 0.2) is 5.79 Å². The minimum Gasteiger partial charge on any atom is -0.462 e. The van der Waals surface area contributed by atoms with E-state index >= 15 is 0 Å². The molecule has 0 aromatic heterocycles. The SMILES string of the molecule is CC[C@H]1O[C@]2(CC[C@@H]1C)C[C@@H]1C[C@@H](C/C=C(\C)C[C@@H](C)/C=C/C=C/C3(O)C(C=C(C)C(=N)[C@H]3OC)C(=O)O1)O2. The van der Waals surface area contributed by atoms with Crippen LogP contribution in [0.15, 0.2) is 47.6 Å². The molecule has 2 bridgehead atoms. The van der Waals surface area contributed by atoms with Crippen LogP contribution in [0.2, 0.25) is 0 Å². The number of esters is 1. The summed E-state index contributed by atoms with van der Waals surface area (Å²) in [6, 6.07) is 0. The van der Waals surface area contributed by atoms with Crippen LogP contribution in [0.4, 0.5) is 0 Å². The minimum atomic E-state index is -1.75. The predicted octanol–water partition coefficient (Wildman–Crippen LogP) is 5.83. The van der Waals surface area contributed by atoms with Gasteiger partial charge in [0.25, 0.3) is 0 Å². The van der Waals surface area contributed by atoms with Crippen molar-refractivity contribution in [1.82, 2.24) is 0 Å². The molecule has 3 heterocycles. The molecule has 3 aliphatic heterocycles. The summed E-state index contributed by atoms with van der Waals surface area (Å²) in [6.45, 7) is 10.4. The maximum absolute atomic E-state index is 13.8. The highest BCUT2D eigenvalue weighted by Crippen LogP contribution is 2.44. The van der Waals surface area contributed by atoms with Crippen molar-refractivity contribution in [3.05, 3.63) is 47.6 Å². The van der Waals surface area contributed by atoms with Crippen LogP contribution >= 0.6 is 0 Å². The highest BCUT2D eigenvalue weighted by Gasteiger charge is 2.53. The Morgan fingerprint density at radius 2 is 1.95 bits per heavy atom. The van der Waals surface area contributed by atoms with Crippen LogP contribution in [0.5, 0.6) is 0 Å². The van der Waals surface area contributed by atoms with Gasteiger partial charge < -0.3 is 29.5 Å². The number of methoxy groups -OCH3 is 1. The van der Waals surface area contributed by atoms with Crippen molar-refractivity contribution in [3.63, 3.8) is 0 Å². The van der Waals surface area contributed by atoms with Gasteiger partial charge in [0.2, 0.25) is 0 Å². The molecule has 0 radical (unpaired) electrons. The molecule has 0 aromatic carbocycles. The second kappa shape index (κ2) is 12.2. The normalized spacial score (nSPS) is 44.9. The highest BCUT2D eigenvalue weighted by atomic mass is 16.7. The molecule has 2 saturated heterocycles. The quantitative estimate of drug-likeness (QED) is 0.337. The Morgan fingerprint density at radius 3 is 2.67 bits per heavy atom. The van der Waals surface area contributed by atoms with E-state index in [1.807, 2.05) is 6.08 Å². The first-order chi connectivity index (χ1) is 18.5. The molecule has 2 N–H and O–H groups in total. The van der Waals surface area contributed by atoms with Crippen LogP contribution in [0, 0.1) is 23.2 Å². The molecule has 216 valence electrons. The predicted molar refractivity (Wildman–Crippen MR) is 151 cm³/mol. The summed E-state index contributed by atoms with van der Waals surface area (Å²) in [5.74, 6) is -1.58.